The maximum Gasteiger partial charge on any atom is 0.251 e. The smallest absolute Gasteiger partial charge is 0.251 e. The Balaban J connectivity index is 2.22. The zero-order valence-electron chi connectivity index (χ0n) is 12.4. The summed E-state index contributed by atoms with van der Waals surface area (Å²) < 4.78 is 1.39. The molecule has 0 unspecified atom stereocenters. The molecule has 6 heteroatoms. The average molecular weight is 315 g/mol. The minimum absolute atomic E-state index is 0.230. The van der Waals surface area contributed by atoms with Gasteiger partial charge in [-0.3, -0.25) is 9.59 Å². The summed E-state index contributed by atoms with van der Waals surface area (Å²) in [6.07, 6.45) is 1.60. The van der Waals surface area contributed by atoms with Gasteiger partial charge in [-0.05, 0) is 44.2 Å². The molecule has 0 fully saturated rings. The van der Waals surface area contributed by atoms with Gasteiger partial charge in [0.25, 0.3) is 5.56 Å². The first-order valence-corrected chi connectivity index (χ1v) is 7.12. The number of pyridine rings is 1. The van der Waals surface area contributed by atoms with Crippen molar-refractivity contribution in [3.8, 4) is 0 Å². The molecule has 1 heterocycles. The highest BCUT2D eigenvalue weighted by atomic mass is 32.1. The fourth-order valence-electron chi connectivity index (χ4n) is 2.00. The first-order valence-electron chi connectivity index (χ1n) is 6.72. The quantitative estimate of drug-likeness (QED) is 0.844. The number of amides is 1. The second kappa shape index (κ2) is 6.11. The minimum Gasteiger partial charge on any atom is -0.389 e. The van der Waals surface area contributed by atoms with E-state index in [1.807, 2.05) is 0 Å². The Bertz CT molecular complexity index is 763. The Morgan fingerprint density at radius 1 is 1.18 bits per heavy atom. The topological polar surface area (TPSA) is 77.1 Å². The third kappa shape index (κ3) is 3.23. The number of carbonyl (C=O) groups excluding carboxylic acids is 1. The zero-order chi connectivity index (χ0) is 16.3. The molecule has 5 nitrogen and oxygen atoms in total. The van der Waals surface area contributed by atoms with Gasteiger partial charge in [-0.1, -0.05) is 18.3 Å². The summed E-state index contributed by atoms with van der Waals surface area (Å²) in [5, 5.41) is 2.79. The minimum atomic E-state index is -1.01. The van der Waals surface area contributed by atoms with Crippen molar-refractivity contribution in [1.29, 1.82) is 0 Å². The summed E-state index contributed by atoms with van der Waals surface area (Å²) in [4.78, 5) is 24.7. The lowest BCUT2D eigenvalue weighted by Crippen LogP contribution is -2.45. The molecule has 1 aromatic carbocycles. The second-order valence-corrected chi connectivity index (χ2v) is 5.80. The number of rotatable bonds is 4. The van der Waals surface area contributed by atoms with Crippen LogP contribution in [0, 0.1) is 0 Å². The van der Waals surface area contributed by atoms with Crippen molar-refractivity contribution in [3.63, 3.8) is 0 Å². The molecule has 2 aromatic rings. The van der Waals surface area contributed by atoms with E-state index in [2.05, 4.69) is 5.32 Å². The highest BCUT2D eigenvalue weighted by Gasteiger charge is 2.30. The number of thiocarbonyl (C=S) groups is 1. The molecule has 0 aliphatic rings. The van der Waals surface area contributed by atoms with E-state index in [-0.39, 0.29) is 11.5 Å². The number of hydrogen-bond donors (Lipinski definition) is 2. The van der Waals surface area contributed by atoms with Crippen LogP contribution in [0.5, 0.6) is 0 Å². The van der Waals surface area contributed by atoms with Crippen LogP contribution in [0.15, 0.2) is 53.5 Å². The first-order chi connectivity index (χ1) is 10.3. The molecule has 1 amide bonds. The van der Waals surface area contributed by atoms with Crippen molar-refractivity contribution in [3.05, 3.63) is 64.6 Å². The van der Waals surface area contributed by atoms with Gasteiger partial charge >= 0.3 is 0 Å². The van der Waals surface area contributed by atoms with Crippen LogP contribution in [-0.4, -0.2) is 15.5 Å². The lowest BCUT2D eigenvalue weighted by molar-refractivity contribution is -0.123. The van der Waals surface area contributed by atoms with Crippen LogP contribution < -0.4 is 16.6 Å². The summed E-state index contributed by atoms with van der Waals surface area (Å²) in [7, 11) is 0. The normalized spacial score (nSPS) is 11.0. The molecule has 1 aromatic heterocycles. The predicted molar refractivity (Wildman–Crippen MR) is 91.0 cm³/mol. The molecule has 0 spiro atoms. The van der Waals surface area contributed by atoms with Crippen LogP contribution in [0.1, 0.15) is 19.4 Å². The van der Waals surface area contributed by atoms with Gasteiger partial charge in [0.1, 0.15) is 10.5 Å². The van der Waals surface area contributed by atoms with E-state index in [1.54, 1.807) is 56.4 Å². The predicted octanol–water partition coefficient (Wildman–Crippen LogP) is 1.86. The van der Waals surface area contributed by atoms with Gasteiger partial charge in [0, 0.05) is 23.5 Å². The van der Waals surface area contributed by atoms with Crippen LogP contribution in [0.3, 0.4) is 0 Å². The third-order valence-electron chi connectivity index (χ3n) is 3.41. The van der Waals surface area contributed by atoms with E-state index in [0.29, 0.717) is 10.7 Å². The summed E-state index contributed by atoms with van der Waals surface area (Å²) in [5.41, 5.74) is 5.63. The summed E-state index contributed by atoms with van der Waals surface area (Å²) in [5.74, 6) is -0.288. The Hall–Kier alpha value is -2.47. The fraction of sp³-hybridized carbons (Fsp3) is 0.188. The second-order valence-electron chi connectivity index (χ2n) is 5.36. The standard InChI is InChI=1S/C16H17N3O2S/c1-16(2,19-10-4-3-5-13(19)20)15(21)18-12-8-6-11(7-9-12)14(17)22/h3-10H,1-2H3,(H2,17,22)(H,18,21). The number of anilines is 1. The SMILES string of the molecule is CC(C)(C(=O)Nc1ccc(C(N)=S)cc1)n1ccccc1=O. The zero-order valence-corrected chi connectivity index (χ0v) is 13.2. The lowest BCUT2D eigenvalue weighted by atomic mass is 10.0. The molecule has 3 N–H and O–H groups in total. The molecule has 0 saturated carbocycles. The largest absolute Gasteiger partial charge is 0.389 e. The number of benzene rings is 1. The van der Waals surface area contributed by atoms with Gasteiger partial charge in [-0.2, -0.15) is 0 Å². The van der Waals surface area contributed by atoms with E-state index >= 15 is 0 Å². The Morgan fingerprint density at radius 3 is 2.36 bits per heavy atom. The summed E-state index contributed by atoms with van der Waals surface area (Å²) >= 11 is 4.88. The van der Waals surface area contributed by atoms with Crippen LogP contribution >= 0.6 is 12.2 Å². The molecule has 0 aliphatic carbocycles. The molecule has 114 valence electrons. The van der Waals surface area contributed by atoms with Crippen molar-refractivity contribution >= 4 is 28.8 Å². The number of carbonyl (C=O) groups is 1. The molecule has 2 rings (SSSR count). The highest BCUT2D eigenvalue weighted by molar-refractivity contribution is 7.80. The van der Waals surface area contributed by atoms with Crippen LogP contribution in [0.25, 0.3) is 0 Å². The Morgan fingerprint density at radius 2 is 1.82 bits per heavy atom. The van der Waals surface area contributed by atoms with Gasteiger partial charge in [-0.25, -0.2) is 0 Å². The maximum atomic E-state index is 12.5. The molecule has 0 saturated heterocycles. The summed E-state index contributed by atoms with van der Waals surface area (Å²) in [6, 6.07) is 11.7. The van der Waals surface area contributed by atoms with Crippen molar-refractivity contribution in [1.82, 2.24) is 4.57 Å². The Labute approximate surface area is 133 Å². The van der Waals surface area contributed by atoms with Gasteiger partial charge in [0.05, 0.1) is 0 Å². The number of nitrogens with one attached hydrogen (secondary N) is 1. The monoisotopic (exact) mass is 315 g/mol. The maximum absolute atomic E-state index is 12.5. The van der Waals surface area contributed by atoms with Crippen molar-refractivity contribution < 1.29 is 4.79 Å². The van der Waals surface area contributed by atoms with Crippen LogP contribution in [0.2, 0.25) is 0 Å². The first kappa shape index (κ1) is 15.9. The Kier molecular flexibility index (Phi) is 4.42. The van der Waals surface area contributed by atoms with Gasteiger partial charge in [0.2, 0.25) is 5.91 Å². The van der Waals surface area contributed by atoms with Crippen LogP contribution in [0.4, 0.5) is 5.69 Å². The molecule has 22 heavy (non-hydrogen) atoms. The number of nitrogens with zero attached hydrogens (tertiary/aromatic N) is 1. The van der Waals surface area contributed by atoms with E-state index < -0.39 is 5.54 Å². The molecular formula is C16H17N3O2S. The number of nitrogens with two attached hydrogens (primary N) is 1. The fourth-order valence-corrected chi connectivity index (χ4v) is 2.14. The van der Waals surface area contributed by atoms with Gasteiger partial charge < -0.3 is 15.6 Å². The van der Waals surface area contributed by atoms with E-state index in [0.717, 1.165) is 5.56 Å². The van der Waals surface area contributed by atoms with E-state index in [1.165, 1.54) is 10.6 Å². The van der Waals surface area contributed by atoms with Crippen molar-refractivity contribution in [2.75, 3.05) is 5.32 Å². The van der Waals surface area contributed by atoms with Gasteiger partial charge in [0.15, 0.2) is 0 Å². The molecule has 0 atom stereocenters. The molecule has 0 aliphatic heterocycles. The number of hydrogen-bond acceptors (Lipinski definition) is 3. The summed E-state index contributed by atoms with van der Waals surface area (Å²) in [6.45, 7) is 3.38. The van der Waals surface area contributed by atoms with E-state index in [4.69, 9.17) is 18.0 Å². The molecule has 0 bridgehead atoms. The van der Waals surface area contributed by atoms with E-state index in [9.17, 15) is 9.59 Å². The third-order valence-corrected chi connectivity index (χ3v) is 3.64. The van der Waals surface area contributed by atoms with Gasteiger partial charge in [-0.15, -0.1) is 0 Å². The molecular weight excluding hydrogens is 298 g/mol. The number of aromatic nitrogens is 1. The molecule has 0 radical (unpaired) electrons. The highest BCUT2D eigenvalue weighted by Crippen LogP contribution is 2.17. The van der Waals surface area contributed by atoms with Crippen LogP contribution in [-0.2, 0) is 10.3 Å². The van der Waals surface area contributed by atoms with Crippen molar-refractivity contribution in [2.45, 2.75) is 19.4 Å². The lowest BCUT2D eigenvalue weighted by Gasteiger charge is -2.26. The average Bonchev–Trinajstić information content (AvgIpc) is 2.48. The van der Waals surface area contributed by atoms with Crippen molar-refractivity contribution in [2.24, 2.45) is 5.73 Å².